The van der Waals surface area contributed by atoms with Crippen molar-refractivity contribution in [1.82, 2.24) is 0 Å². The van der Waals surface area contributed by atoms with E-state index >= 15 is 0 Å². The lowest BCUT2D eigenvalue weighted by atomic mass is 10.1. The molecule has 0 saturated heterocycles. The summed E-state index contributed by atoms with van der Waals surface area (Å²) >= 11 is 0. The molecule has 0 aliphatic carbocycles. The van der Waals surface area contributed by atoms with Crippen LogP contribution in [0.4, 0.5) is 11.4 Å². The van der Waals surface area contributed by atoms with Crippen LogP contribution >= 0.6 is 0 Å². The minimum atomic E-state index is -1.22. The van der Waals surface area contributed by atoms with Gasteiger partial charge in [-0.05, 0) is 55.0 Å². The van der Waals surface area contributed by atoms with E-state index in [1.165, 1.54) is 24.3 Å². The Hall–Kier alpha value is -3.72. The third kappa shape index (κ3) is 6.42. The van der Waals surface area contributed by atoms with Crippen LogP contribution in [-0.4, -0.2) is 44.0 Å². The Bertz CT molecular complexity index is 909. The van der Waals surface area contributed by atoms with E-state index in [4.69, 9.17) is 15.2 Å². The van der Waals surface area contributed by atoms with Gasteiger partial charge in [0.15, 0.2) is 0 Å². The molecular formula is C21H23N3O6. The Labute approximate surface area is 173 Å². The summed E-state index contributed by atoms with van der Waals surface area (Å²) in [6.07, 6.45) is -0.433. The first kappa shape index (κ1) is 22.6. The van der Waals surface area contributed by atoms with Crippen LogP contribution in [0.25, 0.3) is 0 Å². The molecule has 0 aromatic heterocycles. The van der Waals surface area contributed by atoms with E-state index in [0.717, 1.165) is 11.4 Å². The van der Waals surface area contributed by atoms with Crippen LogP contribution in [0.1, 0.15) is 33.6 Å². The molecule has 30 heavy (non-hydrogen) atoms. The SMILES string of the molecule is CNc1ccc(C(=O)OC(=O)CC[C@H](N)C(=O)OC(=O)c2ccc(NC)cc2)cc1. The minimum absolute atomic E-state index is 0.143. The molecule has 1 atom stereocenters. The highest BCUT2D eigenvalue weighted by Gasteiger charge is 2.22. The predicted octanol–water partition coefficient (Wildman–Crippen LogP) is 1.94. The smallest absolute Gasteiger partial charge is 0.345 e. The van der Waals surface area contributed by atoms with Crippen molar-refractivity contribution >= 4 is 35.3 Å². The van der Waals surface area contributed by atoms with Gasteiger partial charge in [-0.1, -0.05) is 0 Å². The molecule has 4 N–H and O–H groups in total. The monoisotopic (exact) mass is 413 g/mol. The van der Waals surface area contributed by atoms with Crippen LogP contribution in [0.3, 0.4) is 0 Å². The normalized spacial score (nSPS) is 11.2. The Kier molecular flexibility index (Phi) is 8.07. The summed E-state index contributed by atoms with van der Waals surface area (Å²) in [7, 11) is 3.46. The van der Waals surface area contributed by atoms with E-state index < -0.39 is 29.9 Å². The molecule has 0 radical (unpaired) electrons. The number of hydrogen-bond donors (Lipinski definition) is 3. The Balaban J connectivity index is 1.79. The summed E-state index contributed by atoms with van der Waals surface area (Å²) in [6.45, 7) is 0. The maximum absolute atomic E-state index is 12.0. The van der Waals surface area contributed by atoms with E-state index in [1.807, 2.05) is 0 Å². The Morgan fingerprint density at radius 3 is 1.67 bits per heavy atom. The first-order chi connectivity index (χ1) is 14.3. The van der Waals surface area contributed by atoms with Crippen LogP contribution in [0, 0.1) is 0 Å². The van der Waals surface area contributed by atoms with Crippen LogP contribution in [0.2, 0.25) is 0 Å². The molecule has 0 unspecified atom stereocenters. The number of nitrogens with two attached hydrogens (primary N) is 1. The molecule has 0 aliphatic rings. The molecule has 0 amide bonds. The topological polar surface area (TPSA) is 137 Å². The Morgan fingerprint density at radius 1 is 0.800 bits per heavy atom. The van der Waals surface area contributed by atoms with Gasteiger partial charge in [-0.25, -0.2) is 14.4 Å². The number of carbonyl (C=O) groups is 4. The van der Waals surface area contributed by atoms with E-state index in [9.17, 15) is 19.2 Å². The van der Waals surface area contributed by atoms with Crippen molar-refractivity contribution < 1.29 is 28.7 Å². The predicted molar refractivity (Wildman–Crippen MR) is 110 cm³/mol. The first-order valence-corrected chi connectivity index (χ1v) is 9.16. The molecule has 2 aromatic carbocycles. The standard InChI is InChI=1S/C21H23N3O6/c1-23-15-7-3-13(4-8-15)19(26)29-18(25)12-11-17(22)21(28)30-20(27)14-5-9-16(24-2)10-6-14/h3-10,17,23-24H,11-12,22H2,1-2H3/t17-/m0/s1. The molecular weight excluding hydrogens is 390 g/mol. The number of ether oxygens (including phenoxy) is 2. The van der Waals surface area contributed by atoms with Gasteiger partial charge >= 0.3 is 23.9 Å². The molecule has 2 aromatic rings. The molecule has 9 nitrogen and oxygen atoms in total. The van der Waals surface area contributed by atoms with E-state index in [0.29, 0.717) is 0 Å². The van der Waals surface area contributed by atoms with E-state index in [2.05, 4.69) is 10.6 Å². The van der Waals surface area contributed by atoms with Gasteiger partial charge in [0.1, 0.15) is 6.04 Å². The maximum Gasteiger partial charge on any atom is 0.345 e. The average Bonchev–Trinajstić information content (AvgIpc) is 2.77. The molecule has 0 bridgehead atoms. The Morgan fingerprint density at radius 2 is 1.23 bits per heavy atom. The van der Waals surface area contributed by atoms with Crippen LogP contribution in [-0.2, 0) is 19.1 Å². The van der Waals surface area contributed by atoms with Crippen molar-refractivity contribution in [2.45, 2.75) is 18.9 Å². The molecule has 0 spiro atoms. The van der Waals surface area contributed by atoms with Gasteiger partial charge in [0.2, 0.25) is 0 Å². The molecule has 2 rings (SSSR count). The lowest BCUT2D eigenvalue weighted by molar-refractivity contribution is -0.140. The third-order valence-corrected chi connectivity index (χ3v) is 4.18. The van der Waals surface area contributed by atoms with E-state index in [-0.39, 0.29) is 24.0 Å². The fourth-order valence-corrected chi connectivity index (χ4v) is 2.38. The quantitative estimate of drug-likeness (QED) is 0.438. The van der Waals surface area contributed by atoms with Gasteiger partial charge in [-0.2, -0.15) is 0 Å². The number of carbonyl (C=O) groups excluding carboxylic acids is 4. The number of rotatable bonds is 8. The number of nitrogens with one attached hydrogen (secondary N) is 2. The highest BCUT2D eigenvalue weighted by molar-refractivity contribution is 5.99. The van der Waals surface area contributed by atoms with Crippen molar-refractivity contribution in [3.63, 3.8) is 0 Å². The third-order valence-electron chi connectivity index (χ3n) is 4.18. The fourth-order valence-electron chi connectivity index (χ4n) is 2.38. The number of esters is 4. The van der Waals surface area contributed by atoms with Gasteiger partial charge in [-0.3, -0.25) is 4.79 Å². The summed E-state index contributed by atoms with van der Waals surface area (Å²) in [5, 5.41) is 5.80. The molecule has 0 fully saturated rings. The van der Waals surface area contributed by atoms with Gasteiger partial charge in [0, 0.05) is 31.9 Å². The minimum Gasteiger partial charge on any atom is -0.389 e. The second-order valence-corrected chi connectivity index (χ2v) is 6.27. The summed E-state index contributed by atoms with van der Waals surface area (Å²) < 4.78 is 9.46. The highest BCUT2D eigenvalue weighted by atomic mass is 16.6. The number of anilines is 2. The first-order valence-electron chi connectivity index (χ1n) is 9.16. The van der Waals surface area contributed by atoms with Crippen molar-refractivity contribution in [3.8, 4) is 0 Å². The van der Waals surface area contributed by atoms with Gasteiger partial charge < -0.3 is 25.8 Å². The van der Waals surface area contributed by atoms with Crippen molar-refractivity contribution in [2.75, 3.05) is 24.7 Å². The maximum atomic E-state index is 12.0. The van der Waals surface area contributed by atoms with E-state index in [1.54, 1.807) is 38.4 Å². The highest BCUT2D eigenvalue weighted by Crippen LogP contribution is 2.12. The summed E-state index contributed by atoms with van der Waals surface area (Å²) in [4.78, 5) is 47.7. The largest absolute Gasteiger partial charge is 0.389 e. The second kappa shape index (κ2) is 10.7. The number of benzene rings is 2. The summed E-state index contributed by atoms with van der Waals surface area (Å²) in [6, 6.07) is 11.4. The molecule has 9 heteroatoms. The van der Waals surface area contributed by atoms with Gasteiger partial charge in [0.25, 0.3) is 0 Å². The van der Waals surface area contributed by atoms with Crippen molar-refractivity contribution in [2.24, 2.45) is 5.73 Å². The average molecular weight is 413 g/mol. The van der Waals surface area contributed by atoms with Crippen LogP contribution < -0.4 is 16.4 Å². The molecule has 158 valence electrons. The lowest BCUT2D eigenvalue weighted by Gasteiger charge is -2.10. The zero-order valence-corrected chi connectivity index (χ0v) is 16.6. The molecule has 0 saturated carbocycles. The molecule has 0 heterocycles. The van der Waals surface area contributed by atoms with Crippen LogP contribution in [0.5, 0.6) is 0 Å². The summed E-state index contributed by atoms with van der Waals surface area (Å²) in [5.74, 6) is -3.46. The van der Waals surface area contributed by atoms with Gasteiger partial charge in [-0.15, -0.1) is 0 Å². The van der Waals surface area contributed by atoms with Crippen LogP contribution in [0.15, 0.2) is 48.5 Å². The van der Waals surface area contributed by atoms with Crippen molar-refractivity contribution in [3.05, 3.63) is 59.7 Å². The fraction of sp³-hybridized carbons (Fsp3) is 0.238. The lowest BCUT2D eigenvalue weighted by Crippen LogP contribution is -2.34. The van der Waals surface area contributed by atoms with Crippen molar-refractivity contribution in [1.29, 1.82) is 0 Å². The van der Waals surface area contributed by atoms with Gasteiger partial charge in [0.05, 0.1) is 11.1 Å². The zero-order valence-electron chi connectivity index (χ0n) is 16.6. The molecule has 0 aliphatic heterocycles. The second-order valence-electron chi connectivity index (χ2n) is 6.27. The summed E-state index contributed by atoms with van der Waals surface area (Å²) in [5.41, 5.74) is 7.66. The zero-order chi connectivity index (χ0) is 22.1. The number of hydrogen-bond acceptors (Lipinski definition) is 9.